The van der Waals surface area contributed by atoms with Crippen LogP contribution in [-0.2, 0) is 15.3 Å². The van der Waals surface area contributed by atoms with Crippen LogP contribution in [0.3, 0.4) is 0 Å². The standard InChI is InChI=1S/C24H24ClN5O6S/c1-12(2)36-22(32)19-13(3)26-23-27-24(37-11-14-7-5-6-8-16(14)25)28-29(23)20(19)15-9-17(30(33)34)21(31)18(10-15)35-4/h5-10,12,20,31H,11H2,1-4H3,(H,26,27,28). The molecule has 4 rings (SSSR count). The maximum Gasteiger partial charge on any atom is 0.338 e. The number of methoxy groups -OCH3 is 1. The van der Waals surface area contributed by atoms with E-state index in [1.807, 2.05) is 18.2 Å². The smallest absolute Gasteiger partial charge is 0.338 e. The van der Waals surface area contributed by atoms with Gasteiger partial charge in [0, 0.05) is 22.5 Å². The number of fused-ring (bicyclic) bond motifs is 1. The van der Waals surface area contributed by atoms with E-state index in [9.17, 15) is 20.0 Å². The summed E-state index contributed by atoms with van der Waals surface area (Å²) >= 11 is 7.62. The molecule has 2 aromatic carbocycles. The second-order valence-corrected chi connectivity index (χ2v) is 9.76. The molecule has 0 bridgehead atoms. The number of esters is 1. The largest absolute Gasteiger partial charge is 0.500 e. The Morgan fingerprint density at radius 1 is 1.35 bits per heavy atom. The lowest BCUT2D eigenvalue weighted by Gasteiger charge is -2.28. The van der Waals surface area contributed by atoms with Crippen LogP contribution in [0.1, 0.15) is 37.9 Å². The van der Waals surface area contributed by atoms with Crippen LogP contribution in [0.2, 0.25) is 5.02 Å². The highest BCUT2D eigenvalue weighted by molar-refractivity contribution is 7.98. The Hall–Kier alpha value is -3.77. The monoisotopic (exact) mass is 545 g/mol. The third-order valence-electron chi connectivity index (χ3n) is 5.52. The molecule has 2 heterocycles. The van der Waals surface area contributed by atoms with Crippen molar-refractivity contribution < 1.29 is 24.3 Å². The van der Waals surface area contributed by atoms with E-state index in [0.717, 1.165) is 5.56 Å². The lowest BCUT2D eigenvalue weighted by molar-refractivity contribution is -0.386. The molecule has 0 saturated heterocycles. The number of nitrogens with one attached hydrogen (secondary N) is 1. The van der Waals surface area contributed by atoms with Gasteiger partial charge in [-0.1, -0.05) is 41.6 Å². The van der Waals surface area contributed by atoms with E-state index in [0.29, 0.717) is 27.6 Å². The first-order valence-corrected chi connectivity index (χ1v) is 12.5. The summed E-state index contributed by atoms with van der Waals surface area (Å²) < 4.78 is 12.1. The van der Waals surface area contributed by atoms with Crippen molar-refractivity contribution in [3.8, 4) is 11.5 Å². The zero-order valence-corrected chi connectivity index (χ0v) is 22.0. The van der Waals surface area contributed by atoms with Crippen LogP contribution in [0.5, 0.6) is 11.5 Å². The summed E-state index contributed by atoms with van der Waals surface area (Å²) in [5.41, 5.74) is 1.26. The zero-order chi connectivity index (χ0) is 26.9. The Morgan fingerprint density at radius 3 is 2.73 bits per heavy atom. The number of phenolic OH excluding ortho intramolecular Hbond substituents is 1. The van der Waals surface area contributed by atoms with E-state index < -0.39 is 34.5 Å². The number of nitro groups is 1. The molecule has 1 unspecified atom stereocenters. The minimum absolute atomic E-state index is 0.119. The van der Waals surface area contributed by atoms with E-state index in [1.165, 1.54) is 35.7 Å². The number of phenols is 1. The van der Waals surface area contributed by atoms with Crippen molar-refractivity contribution >= 4 is 41.0 Å². The minimum Gasteiger partial charge on any atom is -0.500 e. The van der Waals surface area contributed by atoms with Crippen molar-refractivity contribution in [1.82, 2.24) is 14.8 Å². The Bertz CT molecular complexity index is 1410. The molecule has 0 fully saturated rings. The molecule has 0 amide bonds. The second kappa shape index (κ2) is 10.7. The van der Waals surface area contributed by atoms with E-state index >= 15 is 0 Å². The maximum atomic E-state index is 13.2. The number of rotatable bonds is 8. The Kier molecular flexibility index (Phi) is 7.60. The molecule has 3 aromatic rings. The van der Waals surface area contributed by atoms with E-state index in [-0.39, 0.29) is 16.9 Å². The number of anilines is 1. The SMILES string of the molecule is COc1cc(C2C(C(=O)OC(C)C)=C(C)Nc3nc(SCc4ccccc4Cl)nn32)cc([N+](=O)[O-])c1O. The van der Waals surface area contributed by atoms with Crippen molar-refractivity contribution in [3.05, 3.63) is 73.9 Å². The van der Waals surface area contributed by atoms with E-state index in [1.54, 1.807) is 26.8 Å². The topological polar surface area (TPSA) is 142 Å². The van der Waals surface area contributed by atoms with Gasteiger partial charge in [-0.3, -0.25) is 10.1 Å². The number of aromatic hydroxyl groups is 1. The lowest BCUT2D eigenvalue weighted by atomic mass is 9.95. The van der Waals surface area contributed by atoms with Crippen LogP contribution in [0.15, 0.2) is 52.8 Å². The van der Waals surface area contributed by atoms with Crippen molar-refractivity contribution in [1.29, 1.82) is 0 Å². The number of ether oxygens (including phenoxy) is 2. The normalized spacial score (nSPS) is 14.8. The third-order valence-corrected chi connectivity index (χ3v) is 6.78. The van der Waals surface area contributed by atoms with Crippen molar-refractivity contribution in [2.24, 2.45) is 0 Å². The number of carbonyl (C=O) groups excluding carboxylic acids is 1. The zero-order valence-electron chi connectivity index (χ0n) is 20.4. The molecule has 2 N–H and O–H groups in total. The fourth-order valence-corrected chi connectivity index (χ4v) is 4.98. The first kappa shape index (κ1) is 26.3. The molecule has 1 aliphatic heterocycles. The number of carbonyl (C=O) groups is 1. The summed E-state index contributed by atoms with van der Waals surface area (Å²) in [5, 5.41) is 30.7. The minimum atomic E-state index is -0.946. The molecule has 194 valence electrons. The van der Waals surface area contributed by atoms with Gasteiger partial charge in [0.05, 0.1) is 23.7 Å². The predicted molar refractivity (Wildman–Crippen MR) is 138 cm³/mol. The molecular weight excluding hydrogens is 522 g/mol. The van der Waals surface area contributed by atoms with Gasteiger partial charge in [-0.15, -0.1) is 5.10 Å². The first-order chi connectivity index (χ1) is 17.6. The average molecular weight is 546 g/mol. The number of thioether (sulfide) groups is 1. The van der Waals surface area contributed by atoms with Gasteiger partial charge in [-0.05, 0) is 44.0 Å². The fourth-order valence-electron chi connectivity index (χ4n) is 3.87. The molecule has 0 spiro atoms. The summed E-state index contributed by atoms with van der Waals surface area (Å²) in [6.45, 7) is 5.13. The molecule has 0 aliphatic carbocycles. The average Bonchev–Trinajstić information content (AvgIpc) is 3.24. The fraction of sp³-hybridized carbons (Fsp3) is 0.292. The summed E-state index contributed by atoms with van der Waals surface area (Å²) in [4.78, 5) is 28.7. The van der Waals surface area contributed by atoms with Crippen LogP contribution in [0, 0.1) is 10.1 Å². The molecule has 1 aromatic heterocycles. The Balaban J connectivity index is 1.82. The molecule has 1 aliphatic rings. The van der Waals surface area contributed by atoms with Crippen molar-refractivity contribution in [2.45, 2.75) is 43.8 Å². The highest BCUT2D eigenvalue weighted by atomic mass is 35.5. The maximum absolute atomic E-state index is 13.2. The summed E-state index contributed by atoms with van der Waals surface area (Å²) in [7, 11) is 1.28. The number of hydrogen-bond acceptors (Lipinski definition) is 10. The number of nitro benzene ring substituents is 1. The van der Waals surface area contributed by atoms with E-state index in [4.69, 9.17) is 21.1 Å². The molecule has 0 saturated carbocycles. The van der Waals surface area contributed by atoms with Crippen molar-refractivity contribution in [2.75, 3.05) is 12.4 Å². The van der Waals surface area contributed by atoms with Crippen LogP contribution >= 0.6 is 23.4 Å². The number of allylic oxidation sites excluding steroid dienone is 1. The van der Waals surface area contributed by atoms with Gasteiger partial charge in [0.25, 0.3) is 0 Å². The number of hydrogen-bond donors (Lipinski definition) is 2. The van der Waals surface area contributed by atoms with Gasteiger partial charge >= 0.3 is 11.7 Å². The lowest BCUT2D eigenvalue weighted by Crippen LogP contribution is -2.30. The van der Waals surface area contributed by atoms with Crippen molar-refractivity contribution in [3.63, 3.8) is 0 Å². The number of nitrogens with zero attached hydrogens (tertiary/aromatic N) is 4. The van der Waals surface area contributed by atoms with Crippen LogP contribution in [0.4, 0.5) is 11.6 Å². The van der Waals surface area contributed by atoms with Gasteiger partial charge in [0.1, 0.15) is 6.04 Å². The van der Waals surface area contributed by atoms with Crippen LogP contribution in [0.25, 0.3) is 0 Å². The van der Waals surface area contributed by atoms with Gasteiger partial charge in [-0.25, -0.2) is 9.48 Å². The summed E-state index contributed by atoms with van der Waals surface area (Å²) in [6.07, 6.45) is -0.406. The Morgan fingerprint density at radius 2 is 2.08 bits per heavy atom. The molecular formula is C24H24ClN5O6S. The highest BCUT2D eigenvalue weighted by Crippen LogP contribution is 2.43. The van der Waals surface area contributed by atoms with Crippen LogP contribution < -0.4 is 10.1 Å². The summed E-state index contributed by atoms with van der Waals surface area (Å²) in [6, 6.07) is 9.09. The predicted octanol–water partition coefficient (Wildman–Crippen LogP) is 5.09. The van der Waals surface area contributed by atoms with Gasteiger partial charge < -0.3 is 19.9 Å². The van der Waals surface area contributed by atoms with Gasteiger partial charge in [0.15, 0.2) is 5.75 Å². The molecule has 1 atom stereocenters. The van der Waals surface area contributed by atoms with Gasteiger partial charge in [0.2, 0.25) is 16.9 Å². The van der Waals surface area contributed by atoms with Gasteiger partial charge in [-0.2, -0.15) is 4.98 Å². The quantitative estimate of drug-likeness (QED) is 0.170. The highest BCUT2D eigenvalue weighted by Gasteiger charge is 2.37. The third kappa shape index (κ3) is 5.35. The van der Waals surface area contributed by atoms with Crippen LogP contribution in [-0.4, -0.2) is 44.0 Å². The van der Waals surface area contributed by atoms with E-state index in [2.05, 4.69) is 15.4 Å². The molecule has 11 nitrogen and oxygen atoms in total. The molecule has 13 heteroatoms. The molecule has 0 radical (unpaired) electrons. The molecule has 37 heavy (non-hydrogen) atoms. The number of benzene rings is 2. The first-order valence-electron chi connectivity index (χ1n) is 11.2. The Labute approximate surface area is 221 Å². The number of halogens is 1. The second-order valence-electron chi connectivity index (χ2n) is 8.41. The summed E-state index contributed by atoms with van der Waals surface area (Å²) in [5.74, 6) is -0.522. The number of aromatic nitrogens is 3.